The molecule has 2 aliphatic rings. The number of thiazole rings is 1. The van der Waals surface area contributed by atoms with Crippen molar-refractivity contribution in [2.24, 2.45) is 0 Å². The van der Waals surface area contributed by atoms with Gasteiger partial charge in [0.2, 0.25) is 5.13 Å². The Morgan fingerprint density at radius 1 is 1.10 bits per heavy atom. The normalized spacial score (nSPS) is 18.4. The predicted octanol–water partition coefficient (Wildman–Crippen LogP) is 4.24. The topological polar surface area (TPSA) is 50.7 Å². The van der Waals surface area contributed by atoms with Crippen molar-refractivity contribution in [2.45, 2.75) is 50.9 Å². The molecule has 2 aromatic heterocycles. The van der Waals surface area contributed by atoms with Gasteiger partial charge in [-0.3, -0.25) is 0 Å². The number of rotatable bonds is 6. The Bertz CT molecular complexity index is 610. The summed E-state index contributed by atoms with van der Waals surface area (Å²) >= 11 is 3.53. The largest absolute Gasteiger partial charge is 0.360 e. The Morgan fingerprint density at radius 2 is 1.90 bits per heavy atom. The molecule has 2 aromatic rings. The molecule has 0 bridgehead atoms. The van der Waals surface area contributed by atoms with E-state index in [9.17, 15) is 0 Å². The monoisotopic (exact) mass is 306 g/mol. The third-order valence-corrected chi connectivity index (χ3v) is 5.97. The van der Waals surface area contributed by atoms with E-state index in [1.54, 1.807) is 11.3 Å². The van der Waals surface area contributed by atoms with Gasteiger partial charge in [0, 0.05) is 18.4 Å². The standard InChI is InChI=1S/C14H18N4S2/c1-2-7-15-14-18-17-13(20-14)11-10(8-3-4-8)16-12(19-11)9-5-6-9/h8-9H,2-7H2,1H3,(H,15,18). The second-order valence-corrected chi connectivity index (χ2v) is 7.66. The zero-order valence-electron chi connectivity index (χ0n) is 11.6. The minimum absolute atomic E-state index is 0.685. The Hall–Kier alpha value is -1.01. The molecule has 0 unspecified atom stereocenters. The highest BCUT2D eigenvalue weighted by atomic mass is 32.1. The van der Waals surface area contributed by atoms with Crippen molar-refractivity contribution >= 4 is 27.8 Å². The van der Waals surface area contributed by atoms with Gasteiger partial charge in [-0.2, -0.15) is 0 Å². The fourth-order valence-corrected chi connectivity index (χ4v) is 4.43. The molecule has 0 amide bonds. The summed E-state index contributed by atoms with van der Waals surface area (Å²) in [5.41, 5.74) is 1.30. The first kappa shape index (κ1) is 12.7. The quantitative estimate of drug-likeness (QED) is 0.867. The molecule has 2 saturated carbocycles. The zero-order valence-corrected chi connectivity index (χ0v) is 13.2. The molecule has 0 aliphatic heterocycles. The van der Waals surface area contributed by atoms with Crippen LogP contribution in [-0.4, -0.2) is 21.7 Å². The lowest BCUT2D eigenvalue weighted by Crippen LogP contribution is -1.98. The van der Waals surface area contributed by atoms with Crippen molar-refractivity contribution in [3.63, 3.8) is 0 Å². The Labute approximate surface area is 126 Å². The van der Waals surface area contributed by atoms with Gasteiger partial charge in [-0.1, -0.05) is 18.3 Å². The van der Waals surface area contributed by atoms with Crippen LogP contribution in [0.3, 0.4) is 0 Å². The molecule has 106 valence electrons. The van der Waals surface area contributed by atoms with Crippen molar-refractivity contribution in [1.29, 1.82) is 0 Å². The van der Waals surface area contributed by atoms with E-state index in [0.29, 0.717) is 5.92 Å². The molecule has 20 heavy (non-hydrogen) atoms. The molecule has 0 radical (unpaired) electrons. The molecular weight excluding hydrogens is 288 g/mol. The maximum absolute atomic E-state index is 4.92. The van der Waals surface area contributed by atoms with Crippen LogP contribution >= 0.6 is 22.7 Å². The van der Waals surface area contributed by atoms with Crippen molar-refractivity contribution in [2.75, 3.05) is 11.9 Å². The third kappa shape index (κ3) is 2.46. The fourth-order valence-electron chi connectivity index (χ4n) is 2.26. The SMILES string of the molecule is CCCNc1nnc(-c2sc(C3CC3)nc2C2CC2)s1. The summed E-state index contributed by atoms with van der Waals surface area (Å²) in [6.07, 6.45) is 6.32. The maximum Gasteiger partial charge on any atom is 0.206 e. The minimum atomic E-state index is 0.685. The van der Waals surface area contributed by atoms with Crippen molar-refractivity contribution in [1.82, 2.24) is 15.2 Å². The van der Waals surface area contributed by atoms with Crippen molar-refractivity contribution < 1.29 is 0 Å². The molecule has 4 rings (SSSR count). The molecule has 0 saturated heterocycles. The molecule has 2 aliphatic carbocycles. The molecule has 6 heteroatoms. The van der Waals surface area contributed by atoms with Gasteiger partial charge in [-0.25, -0.2) is 4.98 Å². The van der Waals surface area contributed by atoms with Gasteiger partial charge in [-0.05, 0) is 32.1 Å². The summed E-state index contributed by atoms with van der Waals surface area (Å²) in [4.78, 5) is 6.21. The number of nitrogens with one attached hydrogen (secondary N) is 1. The second kappa shape index (κ2) is 5.07. The predicted molar refractivity (Wildman–Crippen MR) is 83.7 cm³/mol. The molecule has 0 atom stereocenters. The van der Waals surface area contributed by atoms with Gasteiger partial charge in [-0.15, -0.1) is 21.5 Å². The third-order valence-electron chi connectivity index (χ3n) is 3.71. The van der Waals surface area contributed by atoms with E-state index in [-0.39, 0.29) is 0 Å². The summed E-state index contributed by atoms with van der Waals surface area (Å²) in [6.45, 7) is 3.12. The number of nitrogens with zero attached hydrogens (tertiary/aromatic N) is 3. The van der Waals surface area contributed by atoms with Crippen LogP contribution in [0.25, 0.3) is 9.88 Å². The van der Waals surface area contributed by atoms with Crippen LogP contribution in [-0.2, 0) is 0 Å². The summed E-state index contributed by atoms with van der Waals surface area (Å²) in [5.74, 6) is 1.42. The minimum Gasteiger partial charge on any atom is -0.360 e. The molecule has 4 nitrogen and oxygen atoms in total. The van der Waals surface area contributed by atoms with Gasteiger partial charge in [0.15, 0.2) is 5.01 Å². The molecule has 0 spiro atoms. The molecule has 2 heterocycles. The van der Waals surface area contributed by atoms with Crippen LogP contribution in [0, 0.1) is 0 Å². The maximum atomic E-state index is 4.92. The Balaban J connectivity index is 1.64. The van der Waals surface area contributed by atoms with E-state index < -0.39 is 0 Å². The highest BCUT2D eigenvalue weighted by Crippen LogP contribution is 2.51. The zero-order chi connectivity index (χ0) is 13.5. The Kier molecular flexibility index (Phi) is 3.22. The van der Waals surface area contributed by atoms with E-state index >= 15 is 0 Å². The average Bonchev–Trinajstić information content (AvgIpc) is 3.39. The lowest BCUT2D eigenvalue weighted by molar-refractivity contribution is 0.962. The van der Waals surface area contributed by atoms with Crippen LogP contribution in [0.5, 0.6) is 0 Å². The first-order chi connectivity index (χ1) is 9.85. The summed E-state index contributed by atoms with van der Waals surface area (Å²) in [5, 5.41) is 15.3. The van der Waals surface area contributed by atoms with Crippen LogP contribution in [0.1, 0.15) is 61.6 Å². The number of hydrogen-bond donors (Lipinski definition) is 1. The van der Waals surface area contributed by atoms with Crippen LogP contribution < -0.4 is 5.32 Å². The number of anilines is 1. The highest BCUT2D eigenvalue weighted by molar-refractivity contribution is 7.23. The number of aromatic nitrogens is 3. The van der Waals surface area contributed by atoms with E-state index in [1.165, 1.54) is 41.3 Å². The fraction of sp³-hybridized carbons (Fsp3) is 0.643. The van der Waals surface area contributed by atoms with E-state index in [2.05, 4.69) is 22.4 Å². The van der Waals surface area contributed by atoms with Gasteiger partial charge < -0.3 is 5.32 Å². The van der Waals surface area contributed by atoms with Gasteiger partial charge in [0.05, 0.1) is 15.6 Å². The number of hydrogen-bond acceptors (Lipinski definition) is 6. The summed E-state index contributed by atoms with van der Waals surface area (Å²) in [7, 11) is 0. The second-order valence-electron chi connectivity index (χ2n) is 5.65. The molecule has 0 aromatic carbocycles. The average molecular weight is 306 g/mol. The molecule has 2 fully saturated rings. The van der Waals surface area contributed by atoms with E-state index in [4.69, 9.17) is 4.98 Å². The van der Waals surface area contributed by atoms with E-state index in [1.807, 2.05) is 11.3 Å². The van der Waals surface area contributed by atoms with Crippen LogP contribution in [0.4, 0.5) is 5.13 Å². The van der Waals surface area contributed by atoms with Gasteiger partial charge in [0.1, 0.15) is 0 Å². The lowest BCUT2D eigenvalue weighted by Gasteiger charge is -1.96. The van der Waals surface area contributed by atoms with Crippen LogP contribution in [0.2, 0.25) is 0 Å². The highest BCUT2D eigenvalue weighted by Gasteiger charge is 2.35. The van der Waals surface area contributed by atoms with Gasteiger partial charge in [0.25, 0.3) is 0 Å². The first-order valence-electron chi connectivity index (χ1n) is 7.43. The van der Waals surface area contributed by atoms with E-state index in [0.717, 1.165) is 29.0 Å². The van der Waals surface area contributed by atoms with Gasteiger partial charge >= 0.3 is 0 Å². The van der Waals surface area contributed by atoms with Crippen molar-refractivity contribution in [3.05, 3.63) is 10.7 Å². The van der Waals surface area contributed by atoms with Crippen LogP contribution in [0.15, 0.2) is 0 Å². The summed E-state index contributed by atoms with van der Waals surface area (Å²) < 4.78 is 0. The van der Waals surface area contributed by atoms with Crippen molar-refractivity contribution in [3.8, 4) is 9.88 Å². The lowest BCUT2D eigenvalue weighted by atomic mass is 10.2. The summed E-state index contributed by atoms with van der Waals surface area (Å²) in [6, 6.07) is 0. The molecular formula is C14H18N4S2. The molecule has 1 N–H and O–H groups in total. The smallest absolute Gasteiger partial charge is 0.206 e. The Morgan fingerprint density at radius 3 is 2.60 bits per heavy atom. The first-order valence-corrected chi connectivity index (χ1v) is 9.06.